The third kappa shape index (κ3) is 29.2. The lowest BCUT2D eigenvalue weighted by Crippen LogP contribution is -2.39. The predicted molar refractivity (Wildman–Crippen MR) is 143 cm³/mol. The highest BCUT2D eigenvalue weighted by molar-refractivity contribution is 5.66. The SMILES string of the molecule is CCCCCCC(C)C(C)(C)N.CCCCCCCC/C=C\CCCCCCCC(=O)O. The van der Waals surface area contributed by atoms with E-state index in [1.165, 1.54) is 103 Å². The minimum absolute atomic E-state index is 0.00617. The maximum Gasteiger partial charge on any atom is 0.303 e. The van der Waals surface area contributed by atoms with Gasteiger partial charge in [-0.3, -0.25) is 4.79 Å². The number of hydrogen-bond donors (Lipinski definition) is 2. The smallest absolute Gasteiger partial charge is 0.303 e. The van der Waals surface area contributed by atoms with E-state index in [0.717, 1.165) is 12.8 Å². The van der Waals surface area contributed by atoms with Crippen molar-refractivity contribution in [3.63, 3.8) is 0 Å². The standard InChI is InChI=1S/C18H34O2.C11H25N/c1-2-3-4-5-6-7-8-9-10-11-12-13-14-15-16-17-18(19)20;1-5-6-7-8-9-10(2)11(3,4)12/h9-10H,2-8,11-17H2,1H3,(H,19,20);10H,5-9,12H2,1-4H3/b10-9-;. The maximum atomic E-state index is 10.3. The molecule has 0 aromatic rings. The van der Waals surface area contributed by atoms with E-state index in [2.05, 4.69) is 46.8 Å². The molecule has 0 aliphatic heterocycles. The maximum absolute atomic E-state index is 10.3. The lowest BCUT2D eigenvalue weighted by molar-refractivity contribution is -0.137. The van der Waals surface area contributed by atoms with Gasteiger partial charge in [-0.05, 0) is 58.3 Å². The molecule has 0 bridgehead atoms. The van der Waals surface area contributed by atoms with Crippen molar-refractivity contribution in [3.8, 4) is 0 Å². The van der Waals surface area contributed by atoms with Gasteiger partial charge in [0.25, 0.3) is 0 Å². The molecular weight excluding hydrogens is 394 g/mol. The Morgan fingerprint density at radius 2 is 1.16 bits per heavy atom. The van der Waals surface area contributed by atoms with Crippen LogP contribution in [0.3, 0.4) is 0 Å². The van der Waals surface area contributed by atoms with Gasteiger partial charge in [0, 0.05) is 12.0 Å². The van der Waals surface area contributed by atoms with E-state index >= 15 is 0 Å². The van der Waals surface area contributed by atoms with Gasteiger partial charge >= 0.3 is 5.97 Å². The summed E-state index contributed by atoms with van der Waals surface area (Å²) in [5.41, 5.74) is 6.00. The largest absolute Gasteiger partial charge is 0.481 e. The third-order valence-electron chi connectivity index (χ3n) is 6.41. The monoisotopic (exact) mass is 453 g/mol. The molecule has 1 unspecified atom stereocenters. The normalized spacial score (nSPS) is 12.6. The molecule has 3 nitrogen and oxygen atoms in total. The Morgan fingerprint density at radius 3 is 1.59 bits per heavy atom. The number of carboxylic acid groups (broad SMARTS) is 1. The van der Waals surface area contributed by atoms with Crippen LogP contribution in [0.2, 0.25) is 0 Å². The van der Waals surface area contributed by atoms with Crippen LogP contribution in [0.25, 0.3) is 0 Å². The summed E-state index contributed by atoms with van der Waals surface area (Å²) in [5, 5.41) is 8.51. The molecule has 0 aromatic heterocycles. The van der Waals surface area contributed by atoms with E-state index in [0.29, 0.717) is 12.3 Å². The fourth-order valence-corrected chi connectivity index (χ4v) is 3.60. The summed E-state index contributed by atoms with van der Waals surface area (Å²) in [6.07, 6.45) is 27.9. The molecule has 0 amide bonds. The highest BCUT2D eigenvalue weighted by atomic mass is 16.4. The summed E-state index contributed by atoms with van der Waals surface area (Å²) in [7, 11) is 0. The van der Waals surface area contributed by atoms with E-state index in [4.69, 9.17) is 10.8 Å². The highest BCUT2D eigenvalue weighted by Crippen LogP contribution is 2.19. The number of hydrogen-bond acceptors (Lipinski definition) is 2. The van der Waals surface area contributed by atoms with Gasteiger partial charge in [-0.15, -0.1) is 0 Å². The number of rotatable bonds is 21. The second-order valence-corrected chi connectivity index (χ2v) is 10.3. The number of allylic oxidation sites excluding steroid dienone is 2. The zero-order valence-electron chi connectivity index (χ0n) is 22.6. The van der Waals surface area contributed by atoms with Crippen LogP contribution in [0.4, 0.5) is 0 Å². The lowest BCUT2D eigenvalue weighted by atomic mass is 9.86. The Labute approximate surface area is 202 Å². The van der Waals surface area contributed by atoms with Crippen LogP contribution in [0.1, 0.15) is 157 Å². The molecule has 0 aliphatic carbocycles. The van der Waals surface area contributed by atoms with E-state index in [1.54, 1.807) is 0 Å². The molecule has 0 aromatic carbocycles. The number of nitrogens with two attached hydrogens (primary N) is 1. The molecule has 0 saturated carbocycles. The number of aliphatic carboxylic acids is 1. The molecule has 0 radical (unpaired) electrons. The fraction of sp³-hybridized carbons (Fsp3) is 0.897. The second kappa shape index (κ2) is 24.8. The molecule has 32 heavy (non-hydrogen) atoms. The molecule has 3 N–H and O–H groups in total. The molecule has 3 heteroatoms. The van der Waals surface area contributed by atoms with Gasteiger partial charge in [-0.2, -0.15) is 0 Å². The number of unbranched alkanes of at least 4 members (excludes halogenated alkanes) is 14. The summed E-state index contributed by atoms with van der Waals surface area (Å²) in [4.78, 5) is 10.3. The number of carbonyl (C=O) groups is 1. The molecule has 0 spiro atoms. The van der Waals surface area contributed by atoms with E-state index in [1.807, 2.05) is 0 Å². The van der Waals surface area contributed by atoms with E-state index in [9.17, 15) is 4.79 Å². The molecule has 0 aliphatic rings. The van der Waals surface area contributed by atoms with Crippen molar-refractivity contribution in [2.75, 3.05) is 0 Å². The van der Waals surface area contributed by atoms with Gasteiger partial charge in [0.2, 0.25) is 0 Å². The van der Waals surface area contributed by atoms with Gasteiger partial charge in [-0.25, -0.2) is 0 Å². The molecular formula is C29H59NO2. The average Bonchev–Trinajstić information content (AvgIpc) is 2.73. The van der Waals surface area contributed by atoms with Crippen molar-refractivity contribution >= 4 is 5.97 Å². The van der Waals surface area contributed by atoms with Crippen molar-refractivity contribution in [1.29, 1.82) is 0 Å². The Bertz CT molecular complexity index is 412. The van der Waals surface area contributed by atoms with E-state index in [-0.39, 0.29) is 5.54 Å². The van der Waals surface area contributed by atoms with Gasteiger partial charge in [0.15, 0.2) is 0 Å². The molecule has 0 saturated heterocycles. The summed E-state index contributed by atoms with van der Waals surface area (Å²) >= 11 is 0. The van der Waals surface area contributed by atoms with E-state index < -0.39 is 5.97 Å². The minimum Gasteiger partial charge on any atom is -0.481 e. The zero-order valence-corrected chi connectivity index (χ0v) is 22.6. The highest BCUT2D eigenvalue weighted by Gasteiger charge is 2.19. The Kier molecular flexibility index (Phi) is 25.8. The molecule has 0 heterocycles. The van der Waals surface area contributed by atoms with Crippen molar-refractivity contribution in [2.45, 2.75) is 162 Å². The quantitative estimate of drug-likeness (QED) is 0.134. The van der Waals surface area contributed by atoms with Crippen LogP contribution >= 0.6 is 0 Å². The Morgan fingerprint density at radius 1 is 0.750 bits per heavy atom. The minimum atomic E-state index is -0.664. The topological polar surface area (TPSA) is 63.3 Å². The van der Waals surface area contributed by atoms with Crippen molar-refractivity contribution < 1.29 is 9.90 Å². The zero-order chi connectivity index (χ0) is 24.5. The second-order valence-electron chi connectivity index (χ2n) is 10.3. The Hall–Kier alpha value is -0.830. The molecule has 0 fully saturated rings. The molecule has 0 rings (SSSR count). The average molecular weight is 454 g/mol. The van der Waals surface area contributed by atoms with Gasteiger partial charge in [0.1, 0.15) is 0 Å². The molecule has 192 valence electrons. The first kappa shape index (κ1) is 33.3. The third-order valence-corrected chi connectivity index (χ3v) is 6.41. The van der Waals surface area contributed by atoms with Gasteiger partial charge in [-0.1, -0.05) is 110 Å². The van der Waals surface area contributed by atoms with Crippen LogP contribution in [-0.2, 0) is 4.79 Å². The summed E-state index contributed by atoms with van der Waals surface area (Å²) in [6.45, 7) is 11.0. The van der Waals surface area contributed by atoms with Crippen molar-refractivity contribution in [2.24, 2.45) is 11.7 Å². The van der Waals surface area contributed by atoms with Crippen LogP contribution in [-0.4, -0.2) is 16.6 Å². The molecule has 1 atom stereocenters. The predicted octanol–water partition coefficient (Wildman–Crippen LogP) is 9.44. The fourth-order valence-electron chi connectivity index (χ4n) is 3.60. The lowest BCUT2D eigenvalue weighted by Gasteiger charge is -2.27. The first-order valence-corrected chi connectivity index (χ1v) is 13.9. The van der Waals surface area contributed by atoms with Gasteiger partial charge in [0.05, 0.1) is 0 Å². The summed E-state index contributed by atoms with van der Waals surface area (Å²) in [6, 6.07) is 0. The number of carboxylic acids is 1. The van der Waals surface area contributed by atoms with Crippen LogP contribution in [0.5, 0.6) is 0 Å². The van der Waals surface area contributed by atoms with Crippen molar-refractivity contribution in [1.82, 2.24) is 0 Å². The first-order chi connectivity index (χ1) is 15.3. The first-order valence-electron chi connectivity index (χ1n) is 13.9. The van der Waals surface area contributed by atoms with Crippen LogP contribution < -0.4 is 5.73 Å². The van der Waals surface area contributed by atoms with Crippen LogP contribution in [0.15, 0.2) is 12.2 Å². The summed E-state index contributed by atoms with van der Waals surface area (Å²) < 4.78 is 0. The van der Waals surface area contributed by atoms with Gasteiger partial charge < -0.3 is 10.8 Å². The van der Waals surface area contributed by atoms with Crippen molar-refractivity contribution in [3.05, 3.63) is 12.2 Å². The summed E-state index contributed by atoms with van der Waals surface area (Å²) in [5.74, 6) is -0.0167. The Balaban J connectivity index is 0. The van der Waals surface area contributed by atoms with Crippen LogP contribution in [0, 0.1) is 5.92 Å².